The summed E-state index contributed by atoms with van der Waals surface area (Å²) >= 11 is 0. The molecule has 0 aliphatic heterocycles. The first-order chi connectivity index (χ1) is 7.49. The van der Waals surface area contributed by atoms with Gasteiger partial charge in [0, 0.05) is 16.6 Å². The van der Waals surface area contributed by atoms with Crippen LogP contribution in [0.4, 0.5) is 0 Å². The Labute approximate surface area is 96.0 Å². The van der Waals surface area contributed by atoms with Gasteiger partial charge in [0.15, 0.2) is 0 Å². The zero-order chi connectivity index (χ0) is 11.9. The number of nitrogens with zero attached hydrogens (tertiary/aromatic N) is 1. The zero-order valence-corrected chi connectivity index (χ0v) is 10.2. The van der Waals surface area contributed by atoms with E-state index in [0.29, 0.717) is 0 Å². The molecular formula is C14H17NO. The van der Waals surface area contributed by atoms with Crippen molar-refractivity contribution in [2.45, 2.75) is 33.8 Å². The minimum atomic E-state index is -0.476. The molecule has 1 N–H and O–H groups in total. The molecule has 1 atom stereocenters. The van der Waals surface area contributed by atoms with Gasteiger partial charge in [0.25, 0.3) is 0 Å². The Hall–Kier alpha value is -1.41. The predicted octanol–water partition coefficient (Wildman–Crippen LogP) is 3.21. The molecule has 16 heavy (non-hydrogen) atoms. The van der Waals surface area contributed by atoms with E-state index in [0.717, 1.165) is 27.7 Å². The minimum Gasteiger partial charge on any atom is -0.389 e. The topological polar surface area (TPSA) is 33.1 Å². The predicted molar refractivity (Wildman–Crippen MR) is 66.6 cm³/mol. The first kappa shape index (κ1) is 11.1. The van der Waals surface area contributed by atoms with Gasteiger partial charge in [-0.25, -0.2) is 0 Å². The number of fused-ring (bicyclic) bond motifs is 1. The lowest BCUT2D eigenvalue weighted by Crippen LogP contribution is -1.98. The van der Waals surface area contributed by atoms with Gasteiger partial charge >= 0.3 is 0 Å². The molecule has 2 heteroatoms. The summed E-state index contributed by atoms with van der Waals surface area (Å²) in [6.07, 6.45) is -0.476. The van der Waals surface area contributed by atoms with Crippen molar-refractivity contribution < 1.29 is 5.11 Å². The standard InChI is InChI=1S/C14H17NO/c1-8-5-12-9(2)7-10(3)15-14(12)13(6-8)11(4)16/h5-7,11,16H,1-4H3. The van der Waals surface area contributed by atoms with E-state index in [1.54, 1.807) is 6.92 Å². The Kier molecular flexibility index (Phi) is 2.68. The van der Waals surface area contributed by atoms with Crippen molar-refractivity contribution in [2.24, 2.45) is 0 Å². The molecule has 0 aliphatic rings. The Morgan fingerprint density at radius 1 is 1.12 bits per heavy atom. The molecule has 2 nitrogen and oxygen atoms in total. The summed E-state index contributed by atoms with van der Waals surface area (Å²) in [5, 5.41) is 10.9. The van der Waals surface area contributed by atoms with Gasteiger partial charge in [0.05, 0.1) is 11.6 Å². The van der Waals surface area contributed by atoms with Crippen LogP contribution in [0.3, 0.4) is 0 Å². The van der Waals surface area contributed by atoms with Gasteiger partial charge < -0.3 is 5.11 Å². The maximum Gasteiger partial charge on any atom is 0.0783 e. The normalized spacial score (nSPS) is 13.1. The quantitative estimate of drug-likeness (QED) is 0.792. The van der Waals surface area contributed by atoms with Crippen LogP contribution < -0.4 is 0 Å². The molecule has 84 valence electrons. The number of aryl methyl sites for hydroxylation is 3. The van der Waals surface area contributed by atoms with Gasteiger partial charge in [-0.05, 0) is 45.4 Å². The van der Waals surface area contributed by atoms with Gasteiger partial charge in [-0.1, -0.05) is 11.6 Å². The maximum atomic E-state index is 9.79. The van der Waals surface area contributed by atoms with Gasteiger partial charge in [-0.2, -0.15) is 0 Å². The van der Waals surface area contributed by atoms with Crippen molar-refractivity contribution >= 4 is 10.9 Å². The highest BCUT2D eigenvalue weighted by Gasteiger charge is 2.10. The number of hydrogen-bond acceptors (Lipinski definition) is 2. The molecule has 2 aromatic rings. The molecule has 1 unspecified atom stereocenters. The summed E-state index contributed by atoms with van der Waals surface area (Å²) in [5.41, 5.74) is 5.22. The van der Waals surface area contributed by atoms with Crippen molar-refractivity contribution in [1.82, 2.24) is 4.98 Å². The lowest BCUT2D eigenvalue weighted by atomic mass is 9.99. The van der Waals surface area contributed by atoms with Gasteiger partial charge in [-0.3, -0.25) is 4.98 Å². The summed E-state index contributed by atoms with van der Waals surface area (Å²) in [7, 11) is 0. The van der Waals surface area contributed by atoms with E-state index in [4.69, 9.17) is 0 Å². The Balaban J connectivity index is 2.89. The molecule has 0 fully saturated rings. The van der Waals surface area contributed by atoms with Crippen molar-refractivity contribution in [3.8, 4) is 0 Å². The fourth-order valence-electron chi connectivity index (χ4n) is 2.15. The smallest absolute Gasteiger partial charge is 0.0783 e. The minimum absolute atomic E-state index is 0.476. The number of aromatic nitrogens is 1. The molecule has 0 amide bonds. The largest absolute Gasteiger partial charge is 0.389 e. The molecule has 0 radical (unpaired) electrons. The molecule has 0 bridgehead atoms. The highest BCUT2D eigenvalue weighted by Crippen LogP contribution is 2.27. The second-order valence-corrected chi connectivity index (χ2v) is 4.51. The average molecular weight is 215 g/mol. The van der Waals surface area contributed by atoms with Crippen LogP contribution in [0.1, 0.15) is 35.4 Å². The van der Waals surface area contributed by atoms with E-state index in [-0.39, 0.29) is 0 Å². The SMILES string of the molecule is Cc1cc(C(C)O)c2nc(C)cc(C)c2c1. The van der Waals surface area contributed by atoms with Crippen LogP contribution in [-0.4, -0.2) is 10.1 Å². The Morgan fingerprint density at radius 3 is 2.44 bits per heavy atom. The third-order valence-electron chi connectivity index (χ3n) is 2.87. The van der Waals surface area contributed by atoms with Gasteiger partial charge in [0.2, 0.25) is 0 Å². The number of rotatable bonds is 1. The maximum absolute atomic E-state index is 9.79. The van der Waals surface area contributed by atoms with E-state index >= 15 is 0 Å². The number of hydrogen-bond donors (Lipinski definition) is 1. The number of benzene rings is 1. The van der Waals surface area contributed by atoms with Crippen molar-refractivity contribution in [3.05, 3.63) is 40.6 Å². The van der Waals surface area contributed by atoms with Crippen LogP contribution in [0.5, 0.6) is 0 Å². The molecule has 1 aromatic carbocycles. The van der Waals surface area contributed by atoms with Crippen LogP contribution >= 0.6 is 0 Å². The summed E-state index contributed by atoms with van der Waals surface area (Å²) in [4.78, 5) is 4.54. The number of aliphatic hydroxyl groups excluding tert-OH is 1. The van der Waals surface area contributed by atoms with Crippen molar-refractivity contribution in [3.63, 3.8) is 0 Å². The summed E-state index contributed by atoms with van der Waals surface area (Å²) in [6.45, 7) is 7.90. The third-order valence-corrected chi connectivity index (χ3v) is 2.87. The van der Waals surface area contributed by atoms with Crippen LogP contribution in [-0.2, 0) is 0 Å². The van der Waals surface area contributed by atoms with Crippen LogP contribution in [0, 0.1) is 20.8 Å². The third kappa shape index (κ3) is 1.81. The summed E-state index contributed by atoms with van der Waals surface area (Å²) in [6, 6.07) is 6.22. The van der Waals surface area contributed by atoms with Gasteiger partial charge in [0.1, 0.15) is 0 Å². The molecule has 0 aliphatic carbocycles. The molecular weight excluding hydrogens is 198 g/mol. The van der Waals surface area contributed by atoms with E-state index in [1.807, 2.05) is 19.9 Å². The van der Waals surface area contributed by atoms with Crippen LogP contribution in [0.15, 0.2) is 18.2 Å². The lowest BCUT2D eigenvalue weighted by Gasteiger charge is -2.12. The molecule has 2 rings (SSSR count). The Bertz CT molecular complexity index is 544. The number of aliphatic hydroxyl groups is 1. The summed E-state index contributed by atoms with van der Waals surface area (Å²) < 4.78 is 0. The molecule has 0 spiro atoms. The fraction of sp³-hybridized carbons (Fsp3) is 0.357. The van der Waals surface area contributed by atoms with Crippen molar-refractivity contribution in [1.29, 1.82) is 0 Å². The highest BCUT2D eigenvalue weighted by atomic mass is 16.3. The monoisotopic (exact) mass is 215 g/mol. The molecule has 1 heterocycles. The second-order valence-electron chi connectivity index (χ2n) is 4.51. The van der Waals surface area contributed by atoms with Crippen molar-refractivity contribution in [2.75, 3.05) is 0 Å². The van der Waals surface area contributed by atoms with E-state index in [9.17, 15) is 5.11 Å². The van der Waals surface area contributed by atoms with E-state index in [1.165, 1.54) is 5.56 Å². The van der Waals surface area contributed by atoms with Gasteiger partial charge in [-0.15, -0.1) is 0 Å². The highest BCUT2D eigenvalue weighted by molar-refractivity contribution is 5.86. The lowest BCUT2D eigenvalue weighted by molar-refractivity contribution is 0.200. The fourth-order valence-corrected chi connectivity index (χ4v) is 2.15. The van der Waals surface area contributed by atoms with E-state index in [2.05, 4.69) is 24.0 Å². The number of pyridine rings is 1. The average Bonchev–Trinajstić information content (AvgIpc) is 2.18. The second kappa shape index (κ2) is 3.87. The molecule has 1 aromatic heterocycles. The van der Waals surface area contributed by atoms with E-state index < -0.39 is 6.10 Å². The summed E-state index contributed by atoms with van der Waals surface area (Å²) in [5.74, 6) is 0. The van der Waals surface area contributed by atoms with Crippen LogP contribution in [0.25, 0.3) is 10.9 Å². The zero-order valence-electron chi connectivity index (χ0n) is 10.2. The first-order valence-corrected chi connectivity index (χ1v) is 5.55. The molecule has 0 saturated heterocycles. The first-order valence-electron chi connectivity index (χ1n) is 5.55. The Morgan fingerprint density at radius 2 is 1.81 bits per heavy atom. The molecule has 0 saturated carbocycles. The van der Waals surface area contributed by atoms with Crippen LogP contribution in [0.2, 0.25) is 0 Å².